The average molecular weight is 468 g/mol. The molecule has 0 atom stereocenters. The quantitative estimate of drug-likeness (QED) is 0.522. The number of aliphatic hydroxyl groups excluding tert-OH is 1. The Labute approximate surface area is 187 Å². The molecule has 1 aromatic rings. The van der Waals surface area contributed by atoms with Gasteiger partial charge in [0.1, 0.15) is 5.70 Å². The summed E-state index contributed by atoms with van der Waals surface area (Å²) in [6, 6.07) is 4.92. The van der Waals surface area contributed by atoms with E-state index < -0.39 is 27.0 Å². The van der Waals surface area contributed by atoms with Gasteiger partial charge in [-0.3, -0.25) is 4.79 Å². The van der Waals surface area contributed by atoms with Gasteiger partial charge in [-0.05, 0) is 32.0 Å². The summed E-state index contributed by atoms with van der Waals surface area (Å²) >= 11 is 0. The Morgan fingerprint density at radius 3 is 2.56 bits per heavy atom. The highest BCUT2D eigenvalue weighted by molar-refractivity contribution is 7.92. The van der Waals surface area contributed by atoms with Crippen LogP contribution in [0.5, 0.6) is 0 Å². The number of morpholine rings is 1. The van der Waals surface area contributed by atoms with Gasteiger partial charge in [0.2, 0.25) is 0 Å². The molecule has 3 rings (SSSR count). The first-order valence-corrected chi connectivity index (χ1v) is 11.9. The van der Waals surface area contributed by atoms with Gasteiger partial charge in [-0.1, -0.05) is 0 Å². The lowest BCUT2D eigenvalue weighted by atomic mass is 10.2. The van der Waals surface area contributed by atoms with E-state index in [0.29, 0.717) is 26.3 Å². The SMILES string of the molecule is COC(=O)C1=C(Nc2cc(N3CCOCC3)ccc2S(=O)(=O)C(C)C)C(=O)N(CCO)C1. The van der Waals surface area contributed by atoms with Crippen LogP contribution in [0, 0.1) is 0 Å². The maximum atomic E-state index is 13.0. The maximum absolute atomic E-state index is 13.0. The Morgan fingerprint density at radius 1 is 1.28 bits per heavy atom. The molecular formula is C21H29N3O7S. The lowest BCUT2D eigenvalue weighted by Crippen LogP contribution is -2.36. The minimum atomic E-state index is -3.69. The van der Waals surface area contributed by atoms with Crippen molar-refractivity contribution in [2.24, 2.45) is 0 Å². The predicted octanol–water partition coefficient (Wildman–Crippen LogP) is 0.379. The van der Waals surface area contributed by atoms with Crippen LogP contribution in [0.15, 0.2) is 34.4 Å². The Morgan fingerprint density at radius 2 is 1.97 bits per heavy atom. The zero-order valence-electron chi connectivity index (χ0n) is 18.5. The number of sulfone groups is 1. The number of hydrogen-bond acceptors (Lipinski definition) is 9. The Bertz CT molecular complexity index is 1010. The molecule has 1 aromatic carbocycles. The number of ether oxygens (including phenoxy) is 2. The summed E-state index contributed by atoms with van der Waals surface area (Å²) in [4.78, 5) is 28.6. The van der Waals surface area contributed by atoms with Gasteiger partial charge in [-0.15, -0.1) is 0 Å². The number of esters is 1. The third kappa shape index (κ3) is 4.74. The number of aliphatic hydroxyl groups is 1. The minimum Gasteiger partial charge on any atom is -0.466 e. The van der Waals surface area contributed by atoms with Crippen molar-refractivity contribution in [1.82, 2.24) is 4.90 Å². The predicted molar refractivity (Wildman–Crippen MR) is 118 cm³/mol. The maximum Gasteiger partial charge on any atom is 0.337 e. The Kier molecular flexibility index (Phi) is 7.42. The van der Waals surface area contributed by atoms with Crippen LogP contribution >= 0.6 is 0 Å². The number of hydrogen-bond donors (Lipinski definition) is 2. The first-order valence-electron chi connectivity index (χ1n) is 10.4. The van der Waals surface area contributed by atoms with Crippen molar-refractivity contribution in [2.45, 2.75) is 24.0 Å². The average Bonchev–Trinajstić information content (AvgIpc) is 3.09. The van der Waals surface area contributed by atoms with Crippen molar-refractivity contribution >= 4 is 33.1 Å². The summed E-state index contributed by atoms with van der Waals surface area (Å²) in [6.07, 6.45) is 0. The number of carbonyl (C=O) groups is 2. The van der Waals surface area contributed by atoms with E-state index in [9.17, 15) is 23.1 Å². The molecule has 2 aliphatic heterocycles. The second kappa shape index (κ2) is 9.88. The van der Waals surface area contributed by atoms with Crippen LogP contribution in [0.3, 0.4) is 0 Å². The fraction of sp³-hybridized carbons (Fsp3) is 0.524. The third-order valence-electron chi connectivity index (χ3n) is 5.48. The van der Waals surface area contributed by atoms with Gasteiger partial charge in [-0.2, -0.15) is 0 Å². The number of nitrogens with one attached hydrogen (secondary N) is 1. The number of anilines is 2. The molecule has 1 amide bonds. The van der Waals surface area contributed by atoms with E-state index >= 15 is 0 Å². The van der Waals surface area contributed by atoms with Crippen LogP contribution in [0.4, 0.5) is 11.4 Å². The van der Waals surface area contributed by atoms with Crippen molar-refractivity contribution in [1.29, 1.82) is 0 Å². The molecule has 0 radical (unpaired) electrons. The monoisotopic (exact) mass is 467 g/mol. The lowest BCUT2D eigenvalue weighted by Gasteiger charge is -2.29. The second-order valence-corrected chi connectivity index (χ2v) is 10.3. The summed E-state index contributed by atoms with van der Waals surface area (Å²) < 4.78 is 36.2. The van der Waals surface area contributed by atoms with E-state index in [-0.39, 0.29) is 41.5 Å². The van der Waals surface area contributed by atoms with E-state index in [1.807, 2.05) is 0 Å². The largest absolute Gasteiger partial charge is 0.466 e. The molecule has 0 spiro atoms. The van der Waals surface area contributed by atoms with E-state index in [1.54, 1.807) is 26.0 Å². The summed E-state index contributed by atoms with van der Waals surface area (Å²) in [5.41, 5.74) is 1.01. The highest BCUT2D eigenvalue weighted by atomic mass is 32.2. The van der Waals surface area contributed by atoms with Crippen molar-refractivity contribution < 1.29 is 32.6 Å². The Balaban J connectivity index is 2.08. The summed E-state index contributed by atoms with van der Waals surface area (Å²) in [5.74, 6) is -1.21. The summed E-state index contributed by atoms with van der Waals surface area (Å²) in [5, 5.41) is 11.5. The minimum absolute atomic E-state index is 0.0367. The first-order chi connectivity index (χ1) is 15.2. The molecule has 0 aliphatic carbocycles. The van der Waals surface area contributed by atoms with Gasteiger partial charge in [0.15, 0.2) is 9.84 Å². The van der Waals surface area contributed by atoms with Crippen molar-refractivity contribution in [3.63, 3.8) is 0 Å². The normalized spacial score (nSPS) is 17.3. The van der Waals surface area contributed by atoms with Crippen LogP contribution in [-0.4, -0.2) is 88.7 Å². The van der Waals surface area contributed by atoms with Crippen LogP contribution in [0.25, 0.3) is 0 Å². The molecule has 1 fully saturated rings. The molecular weight excluding hydrogens is 438 g/mol. The number of benzene rings is 1. The molecule has 1 saturated heterocycles. The van der Waals surface area contributed by atoms with Crippen molar-refractivity contribution in [3.8, 4) is 0 Å². The van der Waals surface area contributed by atoms with E-state index in [0.717, 1.165) is 5.69 Å². The van der Waals surface area contributed by atoms with Crippen molar-refractivity contribution in [2.75, 3.05) is 63.3 Å². The molecule has 0 unspecified atom stereocenters. The van der Waals surface area contributed by atoms with Gasteiger partial charge in [0.05, 0.1) is 54.9 Å². The van der Waals surface area contributed by atoms with E-state index in [1.165, 1.54) is 18.1 Å². The zero-order valence-corrected chi connectivity index (χ0v) is 19.3. The molecule has 11 heteroatoms. The number of methoxy groups -OCH3 is 1. The fourth-order valence-corrected chi connectivity index (χ4v) is 4.80. The number of rotatable bonds is 8. The molecule has 0 bridgehead atoms. The van der Waals surface area contributed by atoms with Crippen molar-refractivity contribution in [3.05, 3.63) is 29.5 Å². The lowest BCUT2D eigenvalue weighted by molar-refractivity contribution is -0.136. The van der Waals surface area contributed by atoms with Crippen LogP contribution in [0.2, 0.25) is 0 Å². The summed E-state index contributed by atoms with van der Waals surface area (Å²) in [6.45, 7) is 5.30. The Hall–Kier alpha value is -2.63. The number of amides is 1. The van der Waals surface area contributed by atoms with E-state index in [2.05, 4.69) is 10.2 Å². The highest BCUT2D eigenvalue weighted by Gasteiger charge is 2.35. The first kappa shape index (κ1) is 24.0. The van der Waals surface area contributed by atoms with Gasteiger partial charge in [0, 0.05) is 25.3 Å². The van der Waals surface area contributed by atoms with E-state index in [4.69, 9.17) is 9.47 Å². The summed E-state index contributed by atoms with van der Waals surface area (Å²) in [7, 11) is -2.48. The number of carbonyl (C=O) groups excluding carboxylic acids is 2. The van der Waals surface area contributed by atoms with Gasteiger partial charge in [-0.25, -0.2) is 13.2 Å². The fourth-order valence-electron chi connectivity index (χ4n) is 3.62. The van der Waals surface area contributed by atoms with Crippen LogP contribution < -0.4 is 10.2 Å². The number of β-amino-alcohol motifs (C(OH)–C–C–N with tert-alkyl or cyclic N) is 1. The number of nitrogens with zero attached hydrogens (tertiary/aromatic N) is 2. The van der Waals surface area contributed by atoms with Crippen LogP contribution in [-0.2, 0) is 28.9 Å². The van der Waals surface area contributed by atoms with Gasteiger partial charge in [0.25, 0.3) is 5.91 Å². The molecule has 176 valence electrons. The standard InChI is InChI=1S/C21H29N3O7S/c1-14(2)32(28,29)18-5-4-15(23-7-10-31-11-8-23)12-17(18)22-19-16(21(27)30-3)13-24(6-9-25)20(19)26/h4-5,12,14,22,25H,6-11,13H2,1-3H3. The molecule has 0 saturated carbocycles. The van der Waals surface area contributed by atoms with Gasteiger partial charge >= 0.3 is 5.97 Å². The second-order valence-electron chi connectivity index (χ2n) is 7.79. The molecule has 32 heavy (non-hydrogen) atoms. The topological polar surface area (TPSA) is 125 Å². The van der Waals surface area contributed by atoms with Gasteiger partial charge < -0.3 is 29.7 Å². The molecule has 10 nitrogen and oxygen atoms in total. The molecule has 2 N–H and O–H groups in total. The molecule has 2 heterocycles. The third-order valence-corrected chi connectivity index (χ3v) is 7.69. The molecule has 2 aliphatic rings. The highest BCUT2D eigenvalue weighted by Crippen LogP contribution is 2.33. The molecule has 0 aromatic heterocycles. The smallest absolute Gasteiger partial charge is 0.337 e. The van der Waals surface area contributed by atoms with Crippen LogP contribution in [0.1, 0.15) is 13.8 Å². The zero-order chi connectivity index (χ0) is 23.5.